The van der Waals surface area contributed by atoms with Gasteiger partial charge in [0, 0.05) is 33.9 Å². The van der Waals surface area contributed by atoms with Gasteiger partial charge in [0.05, 0.1) is 45.6 Å². The maximum Gasteiger partial charge on any atom is 0.0852 e. The standard InChI is InChI=1S/C44H50N6/c1-9-13-15-29-23(5)33-19-35-27(11-3)28(12-4)36(49-35)20-34-24(6)30(16-14-10-2)38(48-34)22-40-43-41(39(50-40)21-37(29)47-33)31-17-18-32-44(42(31)43)46-26(8)25(7)45-32/h17-22,31,42,49-50H,9-16H2,1-8H3. The van der Waals surface area contributed by atoms with Crippen molar-refractivity contribution >= 4 is 50.4 Å². The van der Waals surface area contributed by atoms with Gasteiger partial charge in [0.15, 0.2) is 0 Å². The molecule has 0 saturated heterocycles. The molecule has 0 saturated carbocycles. The van der Waals surface area contributed by atoms with E-state index in [0.717, 1.165) is 108 Å². The third-order valence-electron chi connectivity index (χ3n) is 11.7. The molecular formula is C44H50N6. The number of aromatic nitrogens is 6. The number of fused-ring (bicyclic) bond motifs is 16. The molecule has 2 aliphatic heterocycles. The molecule has 0 fully saturated rings. The molecule has 0 radical (unpaired) electrons. The van der Waals surface area contributed by atoms with E-state index in [1.807, 2.05) is 0 Å². The summed E-state index contributed by atoms with van der Waals surface area (Å²) in [4.78, 5) is 28.7. The second-order valence-electron chi connectivity index (χ2n) is 14.7. The van der Waals surface area contributed by atoms with Gasteiger partial charge in [-0.2, -0.15) is 0 Å². The van der Waals surface area contributed by atoms with Gasteiger partial charge in [-0.1, -0.05) is 46.6 Å². The molecule has 2 unspecified atom stereocenters. The van der Waals surface area contributed by atoms with Gasteiger partial charge in [-0.3, -0.25) is 4.98 Å². The molecule has 256 valence electrons. The fourth-order valence-electron chi connectivity index (χ4n) is 8.78. The zero-order chi connectivity index (χ0) is 34.8. The Labute approximate surface area is 296 Å². The van der Waals surface area contributed by atoms with Gasteiger partial charge < -0.3 is 9.97 Å². The van der Waals surface area contributed by atoms with Crippen molar-refractivity contribution < 1.29 is 0 Å². The van der Waals surface area contributed by atoms with Crippen LogP contribution in [0.15, 0.2) is 30.3 Å². The van der Waals surface area contributed by atoms with E-state index < -0.39 is 0 Å². The van der Waals surface area contributed by atoms with Crippen LogP contribution in [-0.2, 0) is 12.8 Å². The Kier molecular flexibility index (Phi) is 8.24. The van der Waals surface area contributed by atoms with Gasteiger partial charge in [-0.25, -0.2) is 15.0 Å². The summed E-state index contributed by atoms with van der Waals surface area (Å²) in [6.45, 7) is 17.7. The molecule has 2 atom stereocenters. The van der Waals surface area contributed by atoms with Gasteiger partial charge >= 0.3 is 0 Å². The molecule has 8 bridgehead atoms. The summed E-state index contributed by atoms with van der Waals surface area (Å²) in [5, 5.41) is 0. The smallest absolute Gasteiger partial charge is 0.0852 e. The summed E-state index contributed by atoms with van der Waals surface area (Å²) in [5.41, 5.74) is 23.7. The first-order valence-electron chi connectivity index (χ1n) is 19.0. The van der Waals surface area contributed by atoms with E-state index in [-0.39, 0.29) is 11.8 Å². The molecule has 2 N–H and O–H groups in total. The molecule has 6 heterocycles. The predicted molar refractivity (Wildman–Crippen MR) is 209 cm³/mol. The SMILES string of the molecule is CCCCC1=C(C)c2cc3[nH]c(cc4nc(cc5[nH]c(cc1n2)c1c5C2c5nc(C)c(C)nc5C=CC12)C(CCCC)=C4C)c(CC)c3CC. The van der Waals surface area contributed by atoms with Crippen LogP contribution in [0.25, 0.3) is 50.4 Å². The van der Waals surface area contributed by atoms with Crippen molar-refractivity contribution in [3.05, 3.63) is 98.1 Å². The Bertz CT molecular complexity index is 2320. The van der Waals surface area contributed by atoms with E-state index in [1.54, 1.807) is 0 Å². The van der Waals surface area contributed by atoms with Gasteiger partial charge in [0.2, 0.25) is 0 Å². The minimum Gasteiger partial charge on any atom is -0.355 e. The largest absolute Gasteiger partial charge is 0.355 e. The molecule has 4 aliphatic rings. The minimum atomic E-state index is 0.166. The third-order valence-corrected chi connectivity index (χ3v) is 11.7. The second kappa shape index (κ2) is 12.6. The zero-order valence-corrected chi connectivity index (χ0v) is 31.1. The monoisotopic (exact) mass is 662 g/mol. The first kappa shape index (κ1) is 32.6. The lowest BCUT2D eigenvalue weighted by Gasteiger charge is -2.38. The Hall–Kier alpha value is -4.58. The number of rotatable bonds is 8. The van der Waals surface area contributed by atoms with E-state index in [9.17, 15) is 0 Å². The average molecular weight is 663 g/mol. The van der Waals surface area contributed by atoms with Gasteiger partial charge in [-0.05, 0) is 141 Å². The van der Waals surface area contributed by atoms with Crippen molar-refractivity contribution in [2.75, 3.05) is 0 Å². The van der Waals surface area contributed by atoms with Crippen LogP contribution in [-0.4, -0.2) is 29.9 Å². The first-order valence-corrected chi connectivity index (χ1v) is 19.0. The van der Waals surface area contributed by atoms with Crippen molar-refractivity contribution in [3.63, 3.8) is 0 Å². The molecule has 50 heavy (non-hydrogen) atoms. The normalized spacial score (nSPS) is 17.6. The Balaban J connectivity index is 1.48. The van der Waals surface area contributed by atoms with E-state index >= 15 is 0 Å². The van der Waals surface area contributed by atoms with Gasteiger partial charge in [0.1, 0.15) is 0 Å². The third kappa shape index (κ3) is 5.05. The number of nitrogens with one attached hydrogen (secondary N) is 2. The number of aryl methyl sites for hydroxylation is 4. The molecule has 4 aromatic rings. The molecule has 6 nitrogen and oxygen atoms in total. The minimum absolute atomic E-state index is 0.166. The van der Waals surface area contributed by atoms with Crippen molar-refractivity contribution in [2.24, 2.45) is 0 Å². The van der Waals surface area contributed by atoms with E-state index in [4.69, 9.17) is 19.9 Å². The predicted octanol–water partition coefficient (Wildman–Crippen LogP) is 11.3. The van der Waals surface area contributed by atoms with Crippen LogP contribution in [0.1, 0.15) is 160 Å². The lowest BCUT2D eigenvalue weighted by Crippen LogP contribution is -2.27. The second-order valence-corrected chi connectivity index (χ2v) is 14.7. The Morgan fingerprint density at radius 1 is 0.580 bits per heavy atom. The fourth-order valence-corrected chi connectivity index (χ4v) is 8.78. The lowest BCUT2D eigenvalue weighted by atomic mass is 9.64. The molecule has 8 rings (SSSR count). The Morgan fingerprint density at radius 3 is 1.62 bits per heavy atom. The van der Waals surface area contributed by atoms with Crippen LogP contribution >= 0.6 is 0 Å². The number of hydrogen-bond acceptors (Lipinski definition) is 4. The highest BCUT2D eigenvalue weighted by atomic mass is 14.9. The summed E-state index contributed by atoms with van der Waals surface area (Å²) in [6, 6.07) is 9.28. The maximum atomic E-state index is 5.41. The molecule has 0 amide bonds. The number of allylic oxidation sites excluding steroid dienone is 5. The van der Waals surface area contributed by atoms with Crippen molar-refractivity contribution in [1.82, 2.24) is 29.9 Å². The van der Waals surface area contributed by atoms with Crippen LogP contribution < -0.4 is 0 Å². The summed E-state index contributed by atoms with van der Waals surface area (Å²) < 4.78 is 0. The average Bonchev–Trinajstić information content (AvgIpc) is 3.76. The van der Waals surface area contributed by atoms with Crippen molar-refractivity contribution in [1.29, 1.82) is 0 Å². The lowest BCUT2D eigenvalue weighted by molar-refractivity contribution is 0.609. The zero-order valence-electron chi connectivity index (χ0n) is 31.1. The van der Waals surface area contributed by atoms with Crippen LogP contribution in [0.5, 0.6) is 0 Å². The molecule has 0 aromatic carbocycles. The highest BCUT2D eigenvalue weighted by Gasteiger charge is 2.45. The number of hydrogen-bond donors (Lipinski definition) is 2. The highest BCUT2D eigenvalue weighted by Crippen LogP contribution is 2.57. The van der Waals surface area contributed by atoms with E-state index in [2.05, 4.69) is 102 Å². The summed E-state index contributed by atoms with van der Waals surface area (Å²) in [5.74, 6) is 0.412. The molecule has 4 aromatic heterocycles. The first-order chi connectivity index (χ1) is 24.3. The van der Waals surface area contributed by atoms with Crippen molar-refractivity contribution in [2.45, 2.75) is 119 Å². The highest BCUT2D eigenvalue weighted by molar-refractivity contribution is 5.96. The van der Waals surface area contributed by atoms with Gasteiger partial charge in [0.25, 0.3) is 0 Å². The van der Waals surface area contributed by atoms with E-state index in [0.29, 0.717) is 0 Å². The summed E-state index contributed by atoms with van der Waals surface area (Å²) >= 11 is 0. The summed E-state index contributed by atoms with van der Waals surface area (Å²) in [6.07, 6.45) is 13.1. The maximum absolute atomic E-state index is 5.41. The summed E-state index contributed by atoms with van der Waals surface area (Å²) in [7, 11) is 0. The van der Waals surface area contributed by atoms with E-state index in [1.165, 1.54) is 55.6 Å². The van der Waals surface area contributed by atoms with Crippen LogP contribution in [0, 0.1) is 13.8 Å². The molecule has 2 aliphatic carbocycles. The van der Waals surface area contributed by atoms with Crippen LogP contribution in [0.4, 0.5) is 0 Å². The van der Waals surface area contributed by atoms with Crippen LogP contribution in [0.2, 0.25) is 0 Å². The topological polar surface area (TPSA) is 83.1 Å². The number of unbranched alkanes of at least 4 members (excludes halogenated alkanes) is 2. The number of H-pyrrole nitrogens is 2. The van der Waals surface area contributed by atoms with Gasteiger partial charge in [-0.15, -0.1) is 0 Å². The fraction of sp³-hybridized carbons (Fsp3) is 0.409. The number of nitrogens with zero attached hydrogens (tertiary/aromatic N) is 4. The number of aromatic amines is 2. The quantitative estimate of drug-likeness (QED) is 0.197. The van der Waals surface area contributed by atoms with Crippen molar-refractivity contribution in [3.8, 4) is 0 Å². The molecule has 6 heteroatoms. The molecule has 0 spiro atoms. The molecular weight excluding hydrogens is 613 g/mol. The Morgan fingerprint density at radius 2 is 1.08 bits per heavy atom. The van der Waals surface area contributed by atoms with Crippen LogP contribution in [0.3, 0.4) is 0 Å².